The van der Waals surface area contributed by atoms with E-state index < -0.39 is 16.8 Å². The van der Waals surface area contributed by atoms with E-state index in [0.717, 1.165) is 5.56 Å². The maximum absolute atomic E-state index is 12.8. The molecule has 1 atom stereocenters. The van der Waals surface area contributed by atoms with Crippen LogP contribution in [-0.4, -0.2) is 24.6 Å². The van der Waals surface area contributed by atoms with Crippen molar-refractivity contribution in [2.24, 2.45) is 5.73 Å². The van der Waals surface area contributed by atoms with Gasteiger partial charge in [0.05, 0.1) is 36.2 Å². The highest BCUT2D eigenvalue weighted by Crippen LogP contribution is 2.46. The fraction of sp³-hybridized carbons (Fsp3) is 0.250. The SMILES string of the molecule is CCOC(=O)C1=C(C)OC(N)=C(C#N)C1c1cc(OCc2ccccc2)c(OC)cc1[N+](=O)[O-]. The summed E-state index contributed by atoms with van der Waals surface area (Å²) in [6.45, 7) is 3.31. The quantitative estimate of drug-likeness (QED) is 0.349. The van der Waals surface area contributed by atoms with Crippen LogP contribution in [0.4, 0.5) is 5.69 Å². The van der Waals surface area contributed by atoms with Gasteiger partial charge in [-0.2, -0.15) is 5.26 Å². The van der Waals surface area contributed by atoms with E-state index in [9.17, 15) is 20.2 Å². The summed E-state index contributed by atoms with van der Waals surface area (Å²) in [4.78, 5) is 24.2. The van der Waals surface area contributed by atoms with Crippen molar-refractivity contribution in [2.45, 2.75) is 26.4 Å². The van der Waals surface area contributed by atoms with Crippen molar-refractivity contribution in [2.75, 3.05) is 13.7 Å². The summed E-state index contributed by atoms with van der Waals surface area (Å²) in [5.41, 5.74) is 6.20. The molecule has 1 aliphatic heterocycles. The van der Waals surface area contributed by atoms with E-state index in [1.54, 1.807) is 6.92 Å². The van der Waals surface area contributed by atoms with Crippen LogP contribution in [0.15, 0.2) is 65.3 Å². The lowest BCUT2D eigenvalue weighted by molar-refractivity contribution is -0.385. The van der Waals surface area contributed by atoms with E-state index in [-0.39, 0.29) is 58.8 Å². The van der Waals surface area contributed by atoms with Gasteiger partial charge in [-0.15, -0.1) is 0 Å². The van der Waals surface area contributed by atoms with Crippen LogP contribution in [0.5, 0.6) is 11.5 Å². The van der Waals surface area contributed by atoms with Crippen LogP contribution in [0.1, 0.15) is 30.9 Å². The third kappa shape index (κ3) is 4.78. The number of benzene rings is 2. The van der Waals surface area contributed by atoms with Gasteiger partial charge in [0.15, 0.2) is 11.5 Å². The number of nitro benzene ring substituents is 1. The number of hydrogen-bond acceptors (Lipinski definition) is 9. The number of hydrogen-bond donors (Lipinski definition) is 1. The van der Waals surface area contributed by atoms with Crippen LogP contribution in [0.2, 0.25) is 0 Å². The molecule has 0 saturated heterocycles. The number of nitriles is 1. The molecule has 176 valence electrons. The first-order valence-corrected chi connectivity index (χ1v) is 10.3. The Kier molecular flexibility index (Phi) is 7.38. The highest BCUT2D eigenvalue weighted by atomic mass is 16.6. The topological polar surface area (TPSA) is 147 Å². The average Bonchev–Trinajstić information content (AvgIpc) is 2.82. The van der Waals surface area contributed by atoms with E-state index in [1.165, 1.54) is 26.2 Å². The summed E-state index contributed by atoms with van der Waals surface area (Å²) < 4.78 is 21.7. The minimum Gasteiger partial charge on any atom is -0.493 e. The van der Waals surface area contributed by atoms with E-state index in [2.05, 4.69) is 0 Å². The molecule has 2 aromatic rings. The summed E-state index contributed by atoms with van der Waals surface area (Å²) in [6.07, 6.45) is 0. The van der Waals surface area contributed by atoms with Gasteiger partial charge in [-0.3, -0.25) is 10.1 Å². The molecule has 1 heterocycles. The van der Waals surface area contributed by atoms with Gasteiger partial charge in [-0.05, 0) is 25.5 Å². The normalized spacial score (nSPS) is 15.3. The van der Waals surface area contributed by atoms with Crippen LogP contribution in [0.3, 0.4) is 0 Å². The zero-order valence-corrected chi connectivity index (χ0v) is 18.9. The predicted octanol–water partition coefficient (Wildman–Crippen LogP) is 3.83. The average molecular weight is 465 g/mol. The van der Waals surface area contributed by atoms with Gasteiger partial charge in [0.25, 0.3) is 5.69 Å². The van der Waals surface area contributed by atoms with E-state index in [0.29, 0.717) is 0 Å². The molecule has 1 unspecified atom stereocenters. The molecule has 3 rings (SSSR count). The first-order valence-electron chi connectivity index (χ1n) is 10.3. The Bertz CT molecular complexity index is 1210. The zero-order valence-electron chi connectivity index (χ0n) is 18.9. The second-order valence-electron chi connectivity index (χ2n) is 7.21. The lowest BCUT2D eigenvalue weighted by atomic mass is 9.82. The Hall–Kier alpha value is -4.52. The lowest BCUT2D eigenvalue weighted by Crippen LogP contribution is -2.26. The van der Waals surface area contributed by atoms with Crippen LogP contribution in [-0.2, 0) is 20.9 Å². The van der Waals surface area contributed by atoms with Gasteiger partial charge in [0.1, 0.15) is 24.0 Å². The maximum Gasteiger partial charge on any atom is 0.338 e. The third-order valence-electron chi connectivity index (χ3n) is 5.16. The molecule has 2 aromatic carbocycles. The molecule has 34 heavy (non-hydrogen) atoms. The Morgan fingerprint density at radius 3 is 2.56 bits per heavy atom. The van der Waals surface area contributed by atoms with Crippen molar-refractivity contribution >= 4 is 11.7 Å². The molecule has 2 N–H and O–H groups in total. The smallest absolute Gasteiger partial charge is 0.338 e. The minimum atomic E-state index is -1.21. The van der Waals surface area contributed by atoms with Crippen molar-refractivity contribution in [3.05, 3.63) is 86.5 Å². The summed E-state index contributed by atoms with van der Waals surface area (Å²) >= 11 is 0. The molecular formula is C24H23N3O7. The van der Waals surface area contributed by atoms with Gasteiger partial charge < -0.3 is 24.7 Å². The van der Waals surface area contributed by atoms with Crippen molar-refractivity contribution in [3.8, 4) is 17.6 Å². The molecule has 0 bridgehead atoms. The fourth-order valence-corrected chi connectivity index (χ4v) is 3.63. The maximum atomic E-state index is 12.8. The first-order chi connectivity index (χ1) is 16.3. The summed E-state index contributed by atoms with van der Waals surface area (Å²) in [5, 5.41) is 21.8. The number of carbonyl (C=O) groups excluding carboxylic acids is 1. The predicted molar refractivity (Wildman–Crippen MR) is 120 cm³/mol. The molecular weight excluding hydrogens is 442 g/mol. The number of nitrogens with two attached hydrogens (primary N) is 1. The second-order valence-corrected chi connectivity index (χ2v) is 7.21. The molecule has 1 aliphatic rings. The molecule has 0 fully saturated rings. The number of ether oxygens (including phenoxy) is 4. The number of esters is 1. The molecule has 10 nitrogen and oxygen atoms in total. The van der Waals surface area contributed by atoms with Crippen LogP contribution >= 0.6 is 0 Å². The number of allylic oxidation sites excluding steroid dienone is 2. The van der Waals surface area contributed by atoms with Gasteiger partial charge >= 0.3 is 5.97 Å². The van der Waals surface area contributed by atoms with Crippen molar-refractivity contribution in [1.82, 2.24) is 0 Å². The highest BCUT2D eigenvalue weighted by Gasteiger charge is 2.40. The zero-order chi connectivity index (χ0) is 24.8. The van der Waals surface area contributed by atoms with Gasteiger partial charge in [-0.25, -0.2) is 4.79 Å². The molecule has 0 radical (unpaired) electrons. The number of nitro groups is 1. The second kappa shape index (κ2) is 10.4. The summed E-state index contributed by atoms with van der Waals surface area (Å²) in [5.74, 6) is -1.85. The highest BCUT2D eigenvalue weighted by molar-refractivity contribution is 5.93. The Morgan fingerprint density at radius 2 is 1.97 bits per heavy atom. The van der Waals surface area contributed by atoms with Crippen molar-refractivity contribution in [3.63, 3.8) is 0 Å². The molecule has 10 heteroatoms. The van der Waals surface area contributed by atoms with Gasteiger partial charge in [-0.1, -0.05) is 30.3 Å². The Balaban J connectivity index is 2.20. The number of methoxy groups -OCH3 is 1. The molecule has 0 aliphatic carbocycles. The monoisotopic (exact) mass is 465 g/mol. The summed E-state index contributed by atoms with van der Waals surface area (Å²) in [7, 11) is 1.36. The first kappa shape index (κ1) is 24.1. The van der Waals surface area contributed by atoms with Crippen LogP contribution in [0.25, 0.3) is 0 Å². The summed E-state index contributed by atoms with van der Waals surface area (Å²) in [6, 6.07) is 13.8. The van der Waals surface area contributed by atoms with Crippen molar-refractivity contribution in [1.29, 1.82) is 5.26 Å². The lowest BCUT2D eigenvalue weighted by Gasteiger charge is -2.27. The van der Waals surface area contributed by atoms with E-state index in [1.807, 2.05) is 36.4 Å². The Labute approximate surface area is 195 Å². The van der Waals surface area contributed by atoms with Crippen LogP contribution in [0, 0.1) is 21.4 Å². The van der Waals surface area contributed by atoms with E-state index >= 15 is 0 Å². The fourth-order valence-electron chi connectivity index (χ4n) is 3.63. The molecule has 0 spiro atoms. The molecule has 0 aromatic heterocycles. The number of carbonyl (C=O) groups is 1. The van der Waals surface area contributed by atoms with Gasteiger partial charge in [0, 0.05) is 5.56 Å². The third-order valence-corrected chi connectivity index (χ3v) is 5.16. The van der Waals surface area contributed by atoms with E-state index in [4.69, 9.17) is 24.7 Å². The largest absolute Gasteiger partial charge is 0.493 e. The molecule has 0 saturated carbocycles. The minimum absolute atomic E-state index is 0.0130. The Morgan fingerprint density at radius 1 is 1.26 bits per heavy atom. The molecule has 0 amide bonds. The number of rotatable bonds is 8. The van der Waals surface area contributed by atoms with Crippen molar-refractivity contribution < 1.29 is 28.7 Å². The van der Waals surface area contributed by atoms with Crippen LogP contribution < -0.4 is 15.2 Å². The standard InChI is InChI=1S/C24H23N3O7/c1-4-32-24(28)21-14(2)34-23(26)17(12-25)22(21)16-10-20(19(31-3)11-18(16)27(29)30)33-13-15-8-6-5-7-9-15/h5-11,22H,4,13,26H2,1-3H3. The van der Waals surface area contributed by atoms with Gasteiger partial charge in [0.2, 0.25) is 5.88 Å². The number of nitrogens with zero attached hydrogens (tertiary/aromatic N) is 2.